The van der Waals surface area contributed by atoms with Crippen molar-refractivity contribution in [2.75, 3.05) is 12.0 Å². The van der Waals surface area contributed by atoms with Crippen LogP contribution >= 0.6 is 0 Å². The molecule has 1 aromatic heterocycles. The highest BCUT2D eigenvalue weighted by Crippen LogP contribution is 2.25. The molecule has 0 spiro atoms. The normalized spacial score (nSPS) is 10.6. The number of rotatable bonds is 3. The Morgan fingerprint density at radius 1 is 1.27 bits per heavy atom. The van der Waals surface area contributed by atoms with Crippen LogP contribution in [0.25, 0.3) is 11.0 Å². The maximum atomic E-state index is 12.2. The minimum atomic E-state index is -0.391. The number of H-pyrrole nitrogens is 1. The lowest BCUT2D eigenvalue weighted by molar-refractivity contribution is 0.178. The van der Waals surface area contributed by atoms with E-state index in [1.54, 1.807) is 11.2 Å². The molecule has 5 heteroatoms. The molecule has 1 amide bonds. The smallest absolute Gasteiger partial charge is 0.414 e. The number of methoxy groups -OCH3 is 1. The van der Waals surface area contributed by atoms with Crippen molar-refractivity contribution in [3.63, 3.8) is 0 Å². The van der Waals surface area contributed by atoms with E-state index in [1.165, 1.54) is 7.11 Å². The van der Waals surface area contributed by atoms with E-state index in [9.17, 15) is 4.79 Å². The van der Waals surface area contributed by atoms with Gasteiger partial charge in [-0.3, -0.25) is 4.90 Å². The fourth-order valence-corrected chi connectivity index (χ4v) is 2.50. The van der Waals surface area contributed by atoms with E-state index in [-0.39, 0.29) is 0 Å². The molecule has 3 rings (SSSR count). The summed E-state index contributed by atoms with van der Waals surface area (Å²) in [5.74, 6) is 0. The highest BCUT2D eigenvalue weighted by molar-refractivity contribution is 5.92. The second-order valence-corrected chi connectivity index (χ2v) is 5.10. The van der Waals surface area contributed by atoms with Crippen LogP contribution in [0.4, 0.5) is 10.5 Å². The molecule has 0 saturated heterocycles. The number of carbonyl (C=O) groups is 1. The van der Waals surface area contributed by atoms with E-state index in [0.717, 1.165) is 27.8 Å². The highest BCUT2D eigenvalue weighted by atomic mass is 16.5. The summed E-state index contributed by atoms with van der Waals surface area (Å²) in [4.78, 5) is 21.2. The minimum Gasteiger partial charge on any atom is -0.452 e. The molecule has 0 saturated carbocycles. The summed E-state index contributed by atoms with van der Waals surface area (Å²) in [5, 5.41) is 0. The number of nitrogens with zero attached hydrogens (tertiary/aromatic N) is 2. The van der Waals surface area contributed by atoms with E-state index in [4.69, 9.17) is 4.74 Å². The third-order valence-electron chi connectivity index (χ3n) is 3.60. The Kier molecular flexibility index (Phi) is 3.78. The molecule has 0 atom stereocenters. The molecule has 1 N–H and O–H groups in total. The lowest BCUT2D eigenvalue weighted by Gasteiger charge is -2.22. The summed E-state index contributed by atoms with van der Waals surface area (Å²) in [5.41, 5.74) is 4.65. The van der Waals surface area contributed by atoms with Gasteiger partial charge in [0, 0.05) is 5.69 Å². The largest absolute Gasteiger partial charge is 0.452 e. The number of benzene rings is 2. The Morgan fingerprint density at radius 3 is 2.77 bits per heavy atom. The van der Waals surface area contributed by atoms with Crippen LogP contribution in [0.5, 0.6) is 0 Å². The van der Waals surface area contributed by atoms with Crippen LogP contribution in [0.1, 0.15) is 11.1 Å². The maximum Gasteiger partial charge on any atom is 0.414 e. The first-order valence-corrected chi connectivity index (χ1v) is 7.02. The fraction of sp³-hybridized carbons (Fsp3) is 0.176. The summed E-state index contributed by atoms with van der Waals surface area (Å²) in [6.45, 7) is 2.44. The number of nitrogens with one attached hydrogen (secondary N) is 1. The van der Waals surface area contributed by atoms with Crippen molar-refractivity contribution in [1.82, 2.24) is 9.97 Å². The summed E-state index contributed by atoms with van der Waals surface area (Å²) < 4.78 is 4.93. The van der Waals surface area contributed by atoms with Gasteiger partial charge < -0.3 is 9.72 Å². The van der Waals surface area contributed by atoms with E-state index < -0.39 is 6.09 Å². The SMILES string of the molecule is COC(=O)N(Cc1ccccc1)c1cc(C)c2[nH]cnc2c1. The van der Waals surface area contributed by atoms with Gasteiger partial charge in [-0.15, -0.1) is 0 Å². The van der Waals surface area contributed by atoms with Crippen LogP contribution in [0.2, 0.25) is 0 Å². The molecule has 22 heavy (non-hydrogen) atoms. The van der Waals surface area contributed by atoms with Gasteiger partial charge in [0.1, 0.15) is 0 Å². The zero-order valence-electron chi connectivity index (χ0n) is 12.5. The van der Waals surface area contributed by atoms with Crippen LogP contribution in [0.15, 0.2) is 48.8 Å². The van der Waals surface area contributed by atoms with Crippen molar-refractivity contribution in [1.29, 1.82) is 0 Å². The number of fused-ring (bicyclic) bond motifs is 1. The van der Waals surface area contributed by atoms with Gasteiger partial charge in [-0.2, -0.15) is 0 Å². The number of hydrogen-bond acceptors (Lipinski definition) is 3. The molecule has 112 valence electrons. The predicted molar refractivity (Wildman–Crippen MR) is 85.9 cm³/mol. The number of carbonyl (C=O) groups excluding carboxylic acids is 1. The van der Waals surface area contributed by atoms with Gasteiger partial charge in [-0.1, -0.05) is 30.3 Å². The molecule has 0 aliphatic carbocycles. The van der Waals surface area contributed by atoms with Gasteiger partial charge in [-0.05, 0) is 30.2 Å². The number of amides is 1. The van der Waals surface area contributed by atoms with Crippen LogP contribution in [0, 0.1) is 6.92 Å². The van der Waals surface area contributed by atoms with Gasteiger partial charge in [-0.25, -0.2) is 9.78 Å². The molecule has 0 aliphatic heterocycles. The number of hydrogen-bond donors (Lipinski definition) is 1. The molecule has 0 fully saturated rings. The number of ether oxygens (including phenoxy) is 1. The zero-order chi connectivity index (χ0) is 15.5. The molecule has 0 radical (unpaired) electrons. The maximum absolute atomic E-state index is 12.2. The van der Waals surface area contributed by atoms with Gasteiger partial charge in [0.05, 0.1) is 31.0 Å². The lowest BCUT2D eigenvalue weighted by Crippen LogP contribution is -2.30. The second-order valence-electron chi connectivity index (χ2n) is 5.10. The van der Waals surface area contributed by atoms with Crippen molar-refractivity contribution in [3.05, 3.63) is 59.9 Å². The van der Waals surface area contributed by atoms with E-state index in [1.807, 2.05) is 49.4 Å². The Morgan fingerprint density at radius 2 is 2.05 bits per heavy atom. The van der Waals surface area contributed by atoms with Crippen molar-refractivity contribution in [3.8, 4) is 0 Å². The van der Waals surface area contributed by atoms with Gasteiger partial charge in [0.25, 0.3) is 0 Å². The molecule has 0 unspecified atom stereocenters. The monoisotopic (exact) mass is 295 g/mol. The molecule has 0 aliphatic rings. The van der Waals surface area contributed by atoms with Crippen molar-refractivity contribution in [2.24, 2.45) is 0 Å². The highest BCUT2D eigenvalue weighted by Gasteiger charge is 2.18. The van der Waals surface area contributed by atoms with Crippen molar-refractivity contribution in [2.45, 2.75) is 13.5 Å². The van der Waals surface area contributed by atoms with E-state index in [0.29, 0.717) is 6.54 Å². The zero-order valence-corrected chi connectivity index (χ0v) is 12.5. The minimum absolute atomic E-state index is 0.391. The summed E-state index contributed by atoms with van der Waals surface area (Å²) in [6, 6.07) is 13.7. The third kappa shape index (κ3) is 2.65. The fourth-order valence-electron chi connectivity index (χ4n) is 2.50. The van der Waals surface area contributed by atoms with Crippen molar-refractivity contribution >= 4 is 22.8 Å². The first-order chi connectivity index (χ1) is 10.7. The number of anilines is 1. The number of imidazole rings is 1. The molecule has 3 aromatic rings. The Balaban J connectivity index is 2.02. The Hall–Kier alpha value is -2.82. The van der Waals surface area contributed by atoms with Crippen LogP contribution < -0.4 is 4.90 Å². The second kappa shape index (κ2) is 5.89. The summed E-state index contributed by atoms with van der Waals surface area (Å²) in [7, 11) is 1.39. The van der Waals surface area contributed by atoms with Gasteiger partial charge in [0.2, 0.25) is 0 Å². The lowest BCUT2D eigenvalue weighted by atomic mass is 10.1. The third-order valence-corrected chi connectivity index (χ3v) is 3.60. The number of aromatic amines is 1. The standard InChI is InChI=1S/C17H17N3O2/c1-12-8-14(9-15-16(12)19-11-18-15)20(17(21)22-2)10-13-6-4-3-5-7-13/h3-9,11H,10H2,1-2H3,(H,18,19). The summed E-state index contributed by atoms with van der Waals surface area (Å²) in [6.07, 6.45) is 1.26. The topological polar surface area (TPSA) is 58.2 Å². The predicted octanol–water partition coefficient (Wildman–Crippen LogP) is 3.64. The molecule has 5 nitrogen and oxygen atoms in total. The van der Waals surface area contributed by atoms with Crippen LogP contribution in [0.3, 0.4) is 0 Å². The van der Waals surface area contributed by atoms with Gasteiger partial charge in [0.15, 0.2) is 0 Å². The van der Waals surface area contributed by atoms with Gasteiger partial charge >= 0.3 is 6.09 Å². The first kappa shape index (κ1) is 14.1. The molecule has 2 aromatic carbocycles. The number of aromatic nitrogens is 2. The Labute approximate surface area is 128 Å². The molecule has 0 bridgehead atoms. The Bertz CT molecular complexity index is 796. The van der Waals surface area contributed by atoms with E-state index >= 15 is 0 Å². The van der Waals surface area contributed by atoms with Crippen molar-refractivity contribution < 1.29 is 9.53 Å². The number of aryl methyl sites for hydroxylation is 1. The molecular formula is C17H17N3O2. The van der Waals surface area contributed by atoms with E-state index in [2.05, 4.69) is 9.97 Å². The molecule has 1 heterocycles. The van der Waals surface area contributed by atoms with Crippen LogP contribution in [-0.2, 0) is 11.3 Å². The quantitative estimate of drug-likeness (QED) is 0.802. The average Bonchev–Trinajstić information content (AvgIpc) is 3.02. The average molecular weight is 295 g/mol. The summed E-state index contributed by atoms with van der Waals surface area (Å²) >= 11 is 0. The first-order valence-electron chi connectivity index (χ1n) is 7.02. The van der Waals surface area contributed by atoms with Crippen LogP contribution in [-0.4, -0.2) is 23.2 Å². The molecular weight excluding hydrogens is 278 g/mol.